The quantitative estimate of drug-likeness (QED) is 0.854. The molecule has 1 aromatic carbocycles. The molecule has 1 amide bonds. The average molecular weight is 378 g/mol. The number of aromatic amines is 1. The standard InChI is InChI=1S/C18H20ClN3O4/c1-10-12(18(24)21-11(2)20-10)4-5-17(23)22-14-9-16-15(8-13(14)19)25-6-3-7-26-16/h8-9H,3-7H2,1-2H3,(H,22,23)(H,20,21,24). The van der Waals surface area contributed by atoms with Gasteiger partial charge in [0.2, 0.25) is 5.91 Å². The number of aryl methyl sites for hydroxylation is 2. The number of fused-ring (bicyclic) bond motifs is 1. The summed E-state index contributed by atoms with van der Waals surface area (Å²) in [5.74, 6) is 1.43. The first kappa shape index (κ1) is 18.3. The number of amides is 1. The molecule has 2 heterocycles. The van der Waals surface area contributed by atoms with Gasteiger partial charge in [0.1, 0.15) is 5.82 Å². The molecule has 7 nitrogen and oxygen atoms in total. The Morgan fingerprint density at radius 1 is 1.27 bits per heavy atom. The number of anilines is 1. The molecule has 2 aromatic rings. The Kier molecular flexibility index (Phi) is 5.46. The van der Waals surface area contributed by atoms with Crippen LogP contribution in [0.1, 0.15) is 29.9 Å². The van der Waals surface area contributed by atoms with Crippen molar-refractivity contribution in [3.8, 4) is 11.5 Å². The maximum absolute atomic E-state index is 12.3. The number of ether oxygens (including phenoxy) is 2. The lowest BCUT2D eigenvalue weighted by atomic mass is 10.1. The van der Waals surface area contributed by atoms with Crippen molar-refractivity contribution in [2.45, 2.75) is 33.1 Å². The van der Waals surface area contributed by atoms with E-state index in [0.717, 1.165) is 6.42 Å². The molecule has 0 aliphatic carbocycles. The van der Waals surface area contributed by atoms with Gasteiger partial charge in [0, 0.05) is 36.2 Å². The molecule has 0 saturated carbocycles. The van der Waals surface area contributed by atoms with Gasteiger partial charge in [-0.3, -0.25) is 9.59 Å². The largest absolute Gasteiger partial charge is 0.490 e. The fraction of sp³-hybridized carbons (Fsp3) is 0.389. The third-order valence-electron chi connectivity index (χ3n) is 4.05. The number of hydrogen-bond donors (Lipinski definition) is 2. The Morgan fingerprint density at radius 2 is 1.96 bits per heavy atom. The molecule has 0 unspecified atom stereocenters. The first-order chi connectivity index (χ1) is 12.4. The molecule has 0 saturated heterocycles. The maximum atomic E-state index is 12.3. The van der Waals surface area contributed by atoms with Crippen molar-refractivity contribution in [3.63, 3.8) is 0 Å². The van der Waals surface area contributed by atoms with Crippen LogP contribution in [0.3, 0.4) is 0 Å². The van der Waals surface area contributed by atoms with Crippen LogP contribution in [0, 0.1) is 13.8 Å². The van der Waals surface area contributed by atoms with Crippen molar-refractivity contribution < 1.29 is 14.3 Å². The van der Waals surface area contributed by atoms with Crippen LogP contribution in [0.15, 0.2) is 16.9 Å². The van der Waals surface area contributed by atoms with E-state index in [-0.39, 0.29) is 17.9 Å². The van der Waals surface area contributed by atoms with Gasteiger partial charge in [-0.15, -0.1) is 0 Å². The molecule has 3 rings (SSSR count). The van der Waals surface area contributed by atoms with Gasteiger partial charge in [0.25, 0.3) is 5.56 Å². The van der Waals surface area contributed by atoms with Crippen LogP contribution in [0.5, 0.6) is 11.5 Å². The molecule has 1 aliphatic heterocycles. The summed E-state index contributed by atoms with van der Waals surface area (Å²) in [6.07, 6.45) is 1.22. The molecule has 0 spiro atoms. The number of benzene rings is 1. The Hall–Kier alpha value is -2.54. The van der Waals surface area contributed by atoms with E-state index in [4.69, 9.17) is 21.1 Å². The van der Waals surface area contributed by atoms with E-state index < -0.39 is 0 Å². The van der Waals surface area contributed by atoms with Crippen LogP contribution >= 0.6 is 11.6 Å². The van der Waals surface area contributed by atoms with E-state index in [0.29, 0.717) is 58.9 Å². The van der Waals surface area contributed by atoms with Crippen molar-refractivity contribution in [2.24, 2.45) is 0 Å². The Bertz CT molecular complexity index is 895. The Labute approximate surface area is 155 Å². The summed E-state index contributed by atoms with van der Waals surface area (Å²) < 4.78 is 11.2. The summed E-state index contributed by atoms with van der Waals surface area (Å²) >= 11 is 6.23. The zero-order chi connectivity index (χ0) is 18.7. The van der Waals surface area contributed by atoms with Gasteiger partial charge in [0.05, 0.1) is 23.9 Å². The lowest BCUT2D eigenvalue weighted by Crippen LogP contribution is -2.20. The minimum Gasteiger partial charge on any atom is -0.490 e. The first-order valence-electron chi connectivity index (χ1n) is 8.39. The summed E-state index contributed by atoms with van der Waals surface area (Å²) in [5, 5.41) is 3.13. The normalized spacial score (nSPS) is 13.2. The van der Waals surface area contributed by atoms with Crippen molar-refractivity contribution in [1.82, 2.24) is 9.97 Å². The molecule has 0 fully saturated rings. The van der Waals surface area contributed by atoms with Crippen molar-refractivity contribution in [2.75, 3.05) is 18.5 Å². The Balaban J connectivity index is 1.69. The summed E-state index contributed by atoms with van der Waals surface area (Å²) in [6, 6.07) is 3.29. The minimum absolute atomic E-state index is 0.138. The van der Waals surface area contributed by atoms with Gasteiger partial charge in [-0.1, -0.05) is 11.6 Å². The number of nitrogens with one attached hydrogen (secondary N) is 2. The van der Waals surface area contributed by atoms with Crippen LogP contribution in [-0.2, 0) is 11.2 Å². The second-order valence-electron chi connectivity index (χ2n) is 6.09. The fourth-order valence-electron chi connectivity index (χ4n) is 2.78. The number of aromatic nitrogens is 2. The van der Waals surface area contributed by atoms with Crippen molar-refractivity contribution in [3.05, 3.63) is 44.6 Å². The zero-order valence-corrected chi connectivity index (χ0v) is 15.4. The lowest BCUT2D eigenvalue weighted by molar-refractivity contribution is -0.116. The number of rotatable bonds is 4. The van der Waals surface area contributed by atoms with E-state index in [9.17, 15) is 9.59 Å². The maximum Gasteiger partial charge on any atom is 0.254 e. The van der Waals surface area contributed by atoms with E-state index in [1.165, 1.54) is 0 Å². The molecule has 1 aliphatic rings. The summed E-state index contributed by atoms with van der Waals surface area (Å²) in [4.78, 5) is 31.2. The number of nitrogens with zero attached hydrogens (tertiary/aromatic N) is 1. The van der Waals surface area contributed by atoms with Crippen LogP contribution in [0.4, 0.5) is 5.69 Å². The van der Waals surface area contributed by atoms with Crippen LogP contribution < -0.4 is 20.3 Å². The summed E-state index contributed by atoms with van der Waals surface area (Å²) in [6.45, 7) is 4.59. The highest BCUT2D eigenvalue weighted by Gasteiger charge is 2.16. The topological polar surface area (TPSA) is 93.3 Å². The molecule has 8 heteroatoms. The third kappa shape index (κ3) is 4.16. The minimum atomic E-state index is -0.249. The molecule has 0 bridgehead atoms. The SMILES string of the molecule is Cc1nc(C)c(CCC(=O)Nc2cc3c(cc2Cl)OCCCO3)c(=O)[nH]1. The molecule has 0 atom stereocenters. The number of carbonyl (C=O) groups excluding carboxylic acids is 1. The van der Waals surface area contributed by atoms with E-state index in [1.807, 2.05) is 0 Å². The van der Waals surface area contributed by atoms with Gasteiger partial charge < -0.3 is 19.8 Å². The van der Waals surface area contributed by atoms with Gasteiger partial charge >= 0.3 is 0 Å². The number of H-pyrrole nitrogens is 1. The molecule has 0 radical (unpaired) electrons. The fourth-order valence-corrected chi connectivity index (χ4v) is 2.98. The average Bonchev–Trinajstić information content (AvgIpc) is 2.79. The summed E-state index contributed by atoms with van der Waals surface area (Å²) in [7, 11) is 0. The van der Waals surface area contributed by atoms with Crippen molar-refractivity contribution >= 4 is 23.2 Å². The monoisotopic (exact) mass is 377 g/mol. The van der Waals surface area contributed by atoms with Crippen LogP contribution in [0.2, 0.25) is 5.02 Å². The highest BCUT2D eigenvalue weighted by Crippen LogP contribution is 2.37. The smallest absolute Gasteiger partial charge is 0.254 e. The van der Waals surface area contributed by atoms with E-state index in [2.05, 4.69) is 15.3 Å². The predicted octanol–water partition coefficient (Wildman–Crippen LogP) is 2.77. The van der Waals surface area contributed by atoms with Gasteiger partial charge in [-0.05, 0) is 20.3 Å². The summed E-state index contributed by atoms with van der Waals surface area (Å²) in [5.41, 5.74) is 1.38. The molecule has 138 valence electrons. The highest BCUT2D eigenvalue weighted by molar-refractivity contribution is 6.34. The number of carbonyl (C=O) groups is 1. The zero-order valence-electron chi connectivity index (χ0n) is 14.6. The van der Waals surface area contributed by atoms with Crippen LogP contribution in [-0.4, -0.2) is 29.1 Å². The second-order valence-corrected chi connectivity index (χ2v) is 6.50. The second kappa shape index (κ2) is 7.78. The number of halogens is 1. The lowest BCUT2D eigenvalue weighted by Gasteiger charge is -2.12. The third-order valence-corrected chi connectivity index (χ3v) is 4.37. The Morgan fingerprint density at radius 3 is 2.65 bits per heavy atom. The highest BCUT2D eigenvalue weighted by atomic mass is 35.5. The molecular formula is C18H20ClN3O4. The van der Waals surface area contributed by atoms with E-state index >= 15 is 0 Å². The van der Waals surface area contributed by atoms with Crippen molar-refractivity contribution in [1.29, 1.82) is 0 Å². The predicted molar refractivity (Wildman–Crippen MR) is 98.3 cm³/mol. The number of hydrogen-bond acceptors (Lipinski definition) is 5. The van der Waals surface area contributed by atoms with Crippen LogP contribution in [0.25, 0.3) is 0 Å². The van der Waals surface area contributed by atoms with Gasteiger partial charge in [-0.25, -0.2) is 4.98 Å². The molecule has 26 heavy (non-hydrogen) atoms. The molecular weight excluding hydrogens is 358 g/mol. The molecule has 2 N–H and O–H groups in total. The van der Waals surface area contributed by atoms with E-state index in [1.54, 1.807) is 26.0 Å². The van der Waals surface area contributed by atoms with Gasteiger partial charge in [0.15, 0.2) is 11.5 Å². The first-order valence-corrected chi connectivity index (χ1v) is 8.77. The molecule has 1 aromatic heterocycles. The van der Waals surface area contributed by atoms with Gasteiger partial charge in [-0.2, -0.15) is 0 Å².